The van der Waals surface area contributed by atoms with Crippen LogP contribution in [0, 0.1) is 13.8 Å². The number of carbonyl (C=O) groups is 1. The molecule has 1 aromatic carbocycles. The number of ether oxygens (including phenoxy) is 1. The highest BCUT2D eigenvalue weighted by Gasteiger charge is 2.11. The lowest BCUT2D eigenvalue weighted by Gasteiger charge is -2.06. The fraction of sp³-hybridized carbons (Fsp3) is 0.312. The van der Waals surface area contributed by atoms with Gasteiger partial charge in [-0.15, -0.1) is 0 Å². The van der Waals surface area contributed by atoms with E-state index in [-0.39, 0.29) is 0 Å². The number of nitrogens with zero attached hydrogens (tertiary/aromatic N) is 3. The molecule has 0 spiro atoms. The summed E-state index contributed by atoms with van der Waals surface area (Å²) in [6, 6.07) is 7.66. The number of benzene rings is 1. The Morgan fingerprint density at radius 2 is 2.17 bits per heavy atom. The highest BCUT2D eigenvalue weighted by molar-refractivity contribution is 6.31. The van der Waals surface area contributed by atoms with Crippen LogP contribution >= 0.6 is 11.6 Å². The molecule has 6 nitrogen and oxygen atoms in total. The standard InChI is InChI=1S/C16H19ClN4O2/c1-4-23-16(22)19-18-9-14-11(2)20-21(12(14)3)10-13-7-5-6-8-15(13)17/h5-9H,4,10H2,1-3H3,(H,19,22)/b18-9+. The molecule has 0 radical (unpaired) electrons. The molecule has 23 heavy (non-hydrogen) atoms. The van der Waals surface area contributed by atoms with E-state index in [1.165, 1.54) is 0 Å². The summed E-state index contributed by atoms with van der Waals surface area (Å²) >= 11 is 6.19. The molecular formula is C16H19ClN4O2. The summed E-state index contributed by atoms with van der Waals surface area (Å²) in [6.45, 7) is 6.45. The van der Waals surface area contributed by atoms with Gasteiger partial charge >= 0.3 is 6.09 Å². The van der Waals surface area contributed by atoms with E-state index in [0.29, 0.717) is 18.2 Å². The van der Waals surface area contributed by atoms with Crippen LogP contribution in [-0.4, -0.2) is 28.7 Å². The largest absolute Gasteiger partial charge is 0.449 e. The number of amides is 1. The van der Waals surface area contributed by atoms with E-state index >= 15 is 0 Å². The molecule has 7 heteroatoms. The number of hydrazone groups is 1. The first-order valence-electron chi connectivity index (χ1n) is 7.26. The Morgan fingerprint density at radius 1 is 1.43 bits per heavy atom. The van der Waals surface area contributed by atoms with Gasteiger partial charge in [-0.2, -0.15) is 10.2 Å². The number of nitrogens with one attached hydrogen (secondary N) is 1. The average molecular weight is 335 g/mol. The second-order valence-corrected chi connectivity index (χ2v) is 5.33. The third kappa shape index (κ3) is 4.32. The molecule has 1 amide bonds. The van der Waals surface area contributed by atoms with Crippen molar-refractivity contribution in [2.24, 2.45) is 5.10 Å². The summed E-state index contributed by atoms with van der Waals surface area (Å²) in [4.78, 5) is 11.2. The molecule has 0 aliphatic carbocycles. The first-order valence-corrected chi connectivity index (χ1v) is 7.64. The number of aromatic nitrogens is 2. The summed E-state index contributed by atoms with van der Waals surface area (Å²) < 4.78 is 6.60. The lowest BCUT2D eigenvalue weighted by atomic mass is 10.2. The van der Waals surface area contributed by atoms with E-state index in [0.717, 1.165) is 22.5 Å². The van der Waals surface area contributed by atoms with Crippen LogP contribution in [0.4, 0.5) is 4.79 Å². The molecule has 1 aromatic heterocycles. The minimum Gasteiger partial charge on any atom is -0.449 e. The molecule has 1 heterocycles. The Hall–Kier alpha value is -2.34. The third-order valence-electron chi connectivity index (χ3n) is 3.34. The van der Waals surface area contributed by atoms with Gasteiger partial charge in [-0.3, -0.25) is 4.68 Å². The maximum atomic E-state index is 11.2. The fourth-order valence-corrected chi connectivity index (χ4v) is 2.35. The zero-order valence-corrected chi connectivity index (χ0v) is 14.1. The molecule has 122 valence electrons. The monoisotopic (exact) mass is 334 g/mol. The van der Waals surface area contributed by atoms with Gasteiger partial charge in [0.25, 0.3) is 0 Å². The van der Waals surface area contributed by atoms with Gasteiger partial charge in [0.15, 0.2) is 0 Å². The Morgan fingerprint density at radius 3 is 2.87 bits per heavy atom. The van der Waals surface area contributed by atoms with Crippen LogP contribution in [0.1, 0.15) is 29.4 Å². The van der Waals surface area contributed by atoms with Crippen LogP contribution in [0.5, 0.6) is 0 Å². The smallest absolute Gasteiger partial charge is 0.427 e. The number of rotatable bonds is 5. The number of hydrogen-bond acceptors (Lipinski definition) is 4. The number of halogens is 1. The van der Waals surface area contributed by atoms with E-state index in [4.69, 9.17) is 16.3 Å². The van der Waals surface area contributed by atoms with Crippen molar-refractivity contribution in [1.29, 1.82) is 0 Å². The van der Waals surface area contributed by atoms with Crippen molar-refractivity contribution in [2.45, 2.75) is 27.3 Å². The van der Waals surface area contributed by atoms with Crippen molar-refractivity contribution in [3.63, 3.8) is 0 Å². The quantitative estimate of drug-likeness (QED) is 0.674. The van der Waals surface area contributed by atoms with Gasteiger partial charge in [0.1, 0.15) is 0 Å². The van der Waals surface area contributed by atoms with E-state index < -0.39 is 6.09 Å². The normalized spacial score (nSPS) is 11.0. The average Bonchev–Trinajstić information content (AvgIpc) is 2.77. The van der Waals surface area contributed by atoms with E-state index in [1.807, 2.05) is 42.8 Å². The molecule has 1 N–H and O–H groups in total. The maximum Gasteiger partial charge on any atom is 0.427 e. The molecule has 0 aliphatic rings. The SMILES string of the molecule is CCOC(=O)N/N=C/c1c(C)nn(Cc2ccccc2Cl)c1C. The highest BCUT2D eigenvalue weighted by Crippen LogP contribution is 2.18. The van der Waals surface area contributed by atoms with Crippen LogP contribution in [0.2, 0.25) is 5.02 Å². The van der Waals surface area contributed by atoms with Crippen LogP contribution in [0.3, 0.4) is 0 Å². The number of aryl methyl sites for hydroxylation is 1. The van der Waals surface area contributed by atoms with E-state index in [9.17, 15) is 4.79 Å². The molecule has 0 unspecified atom stereocenters. The highest BCUT2D eigenvalue weighted by atomic mass is 35.5. The Balaban J connectivity index is 2.15. The number of hydrogen-bond donors (Lipinski definition) is 1. The summed E-state index contributed by atoms with van der Waals surface area (Å²) in [7, 11) is 0. The maximum absolute atomic E-state index is 11.2. The molecule has 2 rings (SSSR count). The molecule has 0 aliphatic heterocycles. The Kier molecular flexibility index (Phi) is 5.76. The molecule has 0 fully saturated rings. The van der Waals surface area contributed by atoms with Crippen molar-refractivity contribution < 1.29 is 9.53 Å². The van der Waals surface area contributed by atoms with Gasteiger partial charge in [0.2, 0.25) is 0 Å². The molecule has 0 atom stereocenters. The molecular weight excluding hydrogens is 316 g/mol. The van der Waals surface area contributed by atoms with Crippen molar-refractivity contribution in [3.05, 3.63) is 51.8 Å². The van der Waals surface area contributed by atoms with Crippen LogP contribution in [-0.2, 0) is 11.3 Å². The molecule has 2 aromatic rings. The van der Waals surface area contributed by atoms with Crippen molar-refractivity contribution in [3.8, 4) is 0 Å². The van der Waals surface area contributed by atoms with Crippen LogP contribution in [0.15, 0.2) is 29.4 Å². The van der Waals surface area contributed by atoms with Gasteiger partial charge in [0.05, 0.1) is 25.1 Å². The second-order valence-electron chi connectivity index (χ2n) is 4.92. The zero-order chi connectivity index (χ0) is 16.8. The van der Waals surface area contributed by atoms with E-state index in [1.54, 1.807) is 13.1 Å². The predicted molar refractivity (Wildman–Crippen MR) is 90.0 cm³/mol. The minimum atomic E-state index is -0.581. The van der Waals surface area contributed by atoms with Crippen molar-refractivity contribution in [2.75, 3.05) is 6.61 Å². The lowest BCUT2D eigenvalue weighted by Crippen LogP contribution is -2.18. The van der Waals surface area contributed by atoms with Crippen LogP contribution < -0.4 is 5.43 Å². The van der Waals surface area contributed by atoms with Crippen LogP contribution in [0.25, 0.3) is 0 Å². The van der Waals surface area contributed by atoms with Crippen molar-refractivity contribution in [1.82, 2.24) is 15.2 Å². The topological polar surface area (TPSA) is 68.5 Å². The number of carbonyl (C=O) groups excluding carboxylic acids is 1. The first-order chi connectivity index (χ1) is 11.0. The lowest BCUT2D eigenvalue weighted by molar-refractivity contribution is 0.152. The summed E-state index contributed by atoms with van der Waals surface area (Å²) in [5.74, 6) is 0. The molecule has 0 bridgehead atoms. The molecule has 0 saturated heterocycles. The van der Waals surface area contributed by atoms with Crippen molar-refractivity contribution >= 4 is 23.9 Å². The predicted octanol–water partition coefficient (Wildman–Crippen LogP) is 3.28. The van der Waals surface area contributed by atoms with Gasteiger partial charge in [-0.25, -0.2) is 10.2 Å². The Labute approximate surface area is 140 Å². The first kappa shape index (κ1) is 17.0. The third-order valence-corrected chi connectivity index (χ3v) is 3.71. The summed E-state index contributed by atoms with van der Waals surface area (Å²) in [5.41, 5.74) is 5.92. The second kappa shape index (κ2) is 7.78. The van der Waals surface area contributed by atoms with E-state index in [2.05, 4.69) is 15.6 Å². The zero-order valence-electron chi connectivity index (χ0n) is 13.3. The van der Waals surface area contributed by atoms with Gasteiger partial charge < -0.3 is 4.74 Å². The fourth-order valence-electron chi connectivity index (χ4n) is 2.15. The summed E-state index contributed by atoms with van der Waals surface area (Å²) in [6.07, 6.45) is 0.986. The minimum absolute atomic E-state index is 0.301. The van der Waals surface area contributed by atoms with Gasteiger partial charge in [-0.05, 0) is 32.4 Å². The Bertz CT molecular complexity index is 725. The van der Waals surface area contributed by atoms with Gasteiger partial charge in [-0.1, -0.05) is 29.8 Å². The summed E-state index contributed by atoms with van der Waals surface area (Å²) in [5, 5.41) is 9.10. The molecule has 0 saturated carbocycles. The van der Waals surface area contributed by atoms with Gasteiger partial charge in [0, 0.05) is 16.3 Å².